The van der Waals surface area contributed by atoms with Gasteiger partial charge in [0, 0.05) is 25.0 Å². The van der Waals surface area contributed by atoms with Crippen LogP contribution >= 0.6 is 11.3 Å². The molecule has 1 atom stereocenters. The van der Waals surface area contributed by atoms with E-state index < -0.39 is 0 Å². The number of ether oxygens (including phenoxy) is 2. The average molecular weight is 378 g/mol. The van der Waals surface area contributed by atoms with Crippen molar-refractivity contribution in [2.75, 3.05) is 19.7 Å². The van der Waals surface area contributed by atoms with Crippen LogP contribution in [0.1, 0.15) is 36.2 Å². The van der Waals surface area contributed by atoms with E-state index >= 15 is 0 Å². The second kappa shape index (κ2) is 8.70. The van der Waals surface area contributed by atoms with E-state index in [0.29, 0.717) is 13.2 Å². The van der Waals surface area contributed by atoms with Crippen LogP contribution in [0.5, 0.6) is 0 Å². The molecule has 1 aliphatic rings. The van der Waals surface area contributed by atoms with Gasteiger partial charge in [-0.05, 0) is 31.5 Å². The molecule has 3 rings (SSSR count). The highest BCUT2D eigenvalue weighted by Gasteiger charge is 2.23. The Kier molecular flexibility index (Phi) is 6.34. The maximum atomic E-state index is 13.1. The summed E-state index contributed by atoms with van der Waals surface area (Å²) < 4.78 is 24.1. The van der Waals surface area contributed by atoms with Gasteiger partial charge in [-0.25, -0.2) is 9.37 Å². The zero-order valence-corrected chi connectivity index (χ0v) is 15.8. The van der Waals surface area contributed by atoms with Crippen molar-refractivity contribution in [3.63, 3.8) is 0 Å². The first-order chi connectivity index (χ1) is 12.5. The fourth-order valence-corrected chi connectivity index (χ4v) is 3.66. The summed E-state index contributed by atoms with van der Waals surface area (Å²) in [5.74, 6) is -0.490. The number of rotatable bonds is 6. The number of hydrogen-bond donors (Lipinski definition) is 0. The Morgan fingerprint density at radius 3 is 2.92 bits per heavy atom. The first-order valence-corrected chi connectivity index (χ1v) is 9.60. The molecule has 0 saturated carbocycles. The number of esters is 1. The SMILES string of the molecule is CC(C)OC(=O)Cc1nc(CN2CCOC(c3ccc(F)cc3)C2)cs1. The number of carbonyl (C=O) groups excluding carboxylic acids is 1. The normalized spacial score (nSPS) is 18.2. The summed E-state index contributed by atoms with van der Waals surface area (Å²) in [4.78, 5) is 18.6. The second-order valence-corrected chi connectivity index (χ2v) is 7.54. The van der Waals surface area contributed by atoms with E-state index in [9.17, 15) is 9.18 Å². The number of carbonyl (C=O) groups is 1. The number of aromatic nitrogens is 1. The third-order valence-corrected chi connectivity index (χ3v) is 4.94. The first-order valence-electron chi connectivity index (χ1n) is 8.72. The molecule has 1 unspecified atom stereocenters. The van der Waals surface area contributed by atoms with Crippen LogP contribution in [-0.2, 0) is 27.2 Å². The van der Waals surface area contributed by atoms with E-state index in [1.807, 2.05) is 19.2 Å². The quantitative estimate of drug-likeness (QED) is 0.722. The highest BCUT2D eigenvalue weighted by molar-refractivity contribution is 7.09. The van der Waals surface area contributed by atoms with Gasteiger partial charge in [0.05, 0.1) is 30.9 Å². The molecule has 1 aliphatic heterocycles. The van der Waals surface area contributed by atoms with Gasteiger partial charge < -0.3 is 9.47 Å². The fourth-order valence-electron chi connectivity index (χ4n) is 2.89. The van der Waals surface area contributed by atoms with E-state index in [4.69, 9.17) is 9.47 Å². The average Bonchev–Trinajstić information content (AvgIpc) is 3.01. The molecule has 26 heavy (non-hydrogen) atoms. The lowest BCUT2D eigenvalue weighted by Crippen LogP contribution is -2.37. The second-order valence-electron chi connectivity index (χ2n) is 6.59. The number of thiazole rings is 1. The molecule has 140 valence electrons. The predicted molar refractivity (Wildman–Crippen MR) is 97.4 cm³/mol. The van der Waals surface area contributed by atoms with Crippen LogP contribution in [0.25, 0.3) is 0 Å². The number of halogens is 1. The van der Waals surface area contributed by atoms with Crippen molar-refractivity contribution in [3.8, 4) is 0 Å². The molecule has 0 spiro atoms. The lowest BCUT2D eigenvalue weighted by atomic mass is 10.1. The minimum absolute atomic E-state index is 0.0662. The molecule has 1 saturated heterocycles. The van der Waals surface area contributed by atoms with Gasteiger partial charge in [0.1, 0.15) is 10.8 Å². The van der Waals surface area contributed by atoms with Crippen molar-refractivity contribution in [2.24, 2.45) is 0 Å². The molecular formula is C19H23FN2O3S. The van der Waals surface area contributed by atoms with Crippen molar-refractivity contribution in [2.45, 2.75) is 39.0 Å². The zero-order valence-electron chi connectivity index (χ0n) is 15.0. The van der Waals surface area contributed by atoms with E-state index in [2.05, 4.69) is 9.88 Å². The van der Waals surface area contributed by atoms with Crippen LogP contribution in [-0.4, -0.2) is 41.7 Å². The van der Waals surface area contributed by atoms with Crippen molar-refractivity contribution >= 4 is 17.3 Å². The standard InChI is InChI=1S/C19H23FN2O3S/c1-13(2)25-19(23)9-18-21-16(12-26-18)10-22-7-8-24-17(11-22)14-3-5-15(20)6-4-14/h3-6,12-13,17H,7-11H2,1-2H3. The van der Waals surface area contributed by atoms with Crippen LogP contribution in [0.4, 0.5) is 4.39 Å². The molecule has 5 nitrogen and oxygen atoms in total. The van der Waals surface area contributed by atoms with E-state index in [1.54, 1.807) is 12.1 Å². The van der Waals surface area contributed by atoms with Crippen LogP contribution < -0.4 is 0 Å². The fraction of sp³-hybridized carbons (Fsp3) is 0.474. The third kappa shape index (κ3) is 5.33. The maximum Gasteiger partial charge on any atom is 0.312 e. The Labute approximate surface area is 156 Å². The molecule has 1 fully saturated rings. The lowest BCUT2D eigenvalue weighted by molar-refractivity contribution is -0.146. The van der Waals surface area contributed by atoms with Gasteiger partial charge in [-0.2, -0.15) is 0 Å². The Morgan fingerprint density at radius 2 is 2.19 bits per heavy atom. The van der Waals surface area contributed by atoms with E-state index in [1.165, 1.54) is 23.5 Å². The lowest BCUT2D eigenvalue weighted by Gasteiger charge is -2.32. The van der Waals surface area contributed by atoms with Crippen LogP contribution in [0.2, 0.25) is 0 Å². The van der Waals surface area contributed by atoms with Crippen LogP contribution in [0.15, 0.2) is 29.6 Å². The molecule has 7 heteroatoms. The Balaban J connectivity index is 1.55. The molecule has 2 aromatic rings. The van der Waals surface area contributed by atoms with Crippen molar-refractivity contribution in [3.05, 3.63) is 51.7 Å². The monoisotopic (exact) mass is 378 g/mol. The number of benzene rings is 1. The van der Waals surface area contributed by atoms with Crippen LogP contribution in [0.3, 0.4) is 0 Å². The molecule has 0 N–H and O–H groups in total. The zero-order chi connectivity index (χ0) is 18.5. The molecule has 0 bridgehead atoms. The minimum atomic E-state index is -0.247. The molecule has 0 radical (unpaired) electrons. The van der Waals surface area contributed by atoms with Gasteiger partial charge in [-0.1, -0.05) is 12.1 Å². The van der Waals surface area contributed by atoms with Gasteiger partial charge in [-0.3, -0.25) is 9.69 Å². The highest BCUT2D eigenvalue weighted by Crippen LogP contribution is 2.24. The Hall–Kier alpha value is -1.83. The summed E-state index contributed by atoms with van der Waals surface area (Å²) in [6.45, 7) is 6.55. The smallest absolute Gasteiger partial charge is 0.312 e. The molecule has 2 heterocycles. The third-order valence-electron chi connectivity index (χ3n) is 4.04. The van der Waals surface area contributed by atoms with Crippen molar-refractivity contribution in [1.29, 1.82) is 0 Å². The molecule has 0 aliphatic carbocycles. The van der Waals surface area contributed by atoms with Crippen LogP contribution in [0, 0.1) is 5.82 Å². The van der Waals surface area contributed by atoms with Gasteiger partial charge in [-0.15, -0.1) is 11.3 Å². The summed E-state index contributed by atoms with van der Waals surface area (Å²) in [7, 11) is 0. The number of morpholine rings is 1. The predicted octanol–water partition coefficient (Wildman–Crippen LogP) is 3.35. The summed E-state index contributed by atoms with van der Waals surface area (Å²) in [6.07, 6.45) is 0.0339. The maximum absolute atomic E-state index is 13.1. The number of hydrogen-bond acceptors (Lipinski definition) is 6. The Bertz CT molecular complexity index is 733. The minimum Gasteiger partial charge on any atom is -0.463 e. The summed E-state index contributed by atoms with van der Waals surface area (Å²) in [6, 6.07) is 6.46. The topological polar surface area (TPSA) is 51.7 Å². The van der Waals surface area contributed by atoms with Gasteiger partial charge >= 0.3 is 5.97 Å². The molecule has 1 aromatic heterocycles. The Morgan fingerprint density at radius 1 is 1.42 bits per heavy atom. The molecule has 0 amide bonds. The van der Waals surface area contributed by atoms with Gasteiger partial charge in [0.25, 0.3) is 0 Å². The largest absolute Gasteiger partial charge is 0.463 e. The van der Waals surface area contributed by atoms with E-state index in [0.717, 1.165) is 29.4 Å². The van der Waals surface area contributed by atoms with Crippen molar-refractivity contribution < 1.29 is 18.7 Å². The summed E-state index contributed by atoms with van der Waals surface area (Å²) in [5.41, 5.74) is 1.92. The number of nitrogens with zero attached hydrogens (tertiary/aromatic N) is 2. The molecular weight excluding hydrogens is 355 g/mol. The molecule has 1 aromatic carbocycles. The summed E-state index contributed by atoms with van der Waals surface area (Å²) in [5, 5.41) is 2.76. The first kappa shape index (κ1) is 18.9. The van der Waals surface area contributed by atoms with Gasteiger partial charge in [0.2, 0.25) is 0 Å². The van der Waals surface area contributed by atoms with Gasteiger partial charge in [0.15, 0.2) is 0 Å². The highest BCUT2D eigenvalue weighted by atomic mass is 32.1. The van der Waals surface area contributed by atoms with E-state index in [-0.39, 0.29) is 30.4 Å². The van der Waals surface area contributed by atoms with Crippen molar-refractivity contribution in [1.82, 2.24) is 9.88 Å². The summed E-state index contributed by atoms with van der Waals surface area (Å²) >= 11 is 1.48.